The van der Waals surface area contributed by atoms with Crippen LogP contribution in [-0.4, -0.2) is 11.8 Å². The molecule has 3 aromatic carbocycles. The Bertz CT molecular complexity index is 666. The summed E-state index contributed by atoms with van der Waals surface area (Å²) in [5.74, 6) is 0.316. The first-order valence-electron chi connectivity index (χ1n) is 7.12. The maximum absolute atomic E-state index is 9.58. The molecule has 1 N–H and O–H groups in total. The summed E-state index contributed by atoms with van der Waals surface area (Å²) in [4.78, 5) is 0. The second kappa shape index (κ2) is 5.71. The Balaban J connectivity index is 2.23. The summed E-state index contributed by atoms with van der Waals surface area (Å²) in [5, 5.41) is 13.6. The number of hydrogen-bond donors (Lipinski definition) is 1. The van der Waals surface area contributed by atoms with Crippen LogP contribution in [0.2, 0.25) is 0 Å². The van der Waals surface area contributed by atoms with Gasteiger partial charge in [-0.15, -0.1) is 0 Å². The van der Waals surface area contributed by atoms with Crippen molar-refractivity contribution in [2.45, 2.75) is 0 Å². The van der Waals surface area contributed by atoms with Crippen LogP contribution >= 0.6 is 7.26 Å². The van der Waals surface area contributed by atoms with E-state index in [1.807, 2.05) is 0 Å². The van der Waals surface area contributed by atoms with E-state index >= 15 is 0 Å². The second-order valence-electron chi connectivity index (χ2n) is 5.40. The fraction of sp³-hybridized carbons (Fsp3) is 0.0526. The number of benzene rings is 3. The number of aromatic hydroxyl groups is 1. The summed E-state index contributed by atoms with van der Waals surface area (Å²) in [5.41, 5.74) is 0. The molecule has 21 heavy (non-hydrogen) atoms. The van der Waals surface area contributed by atoms with Gasteiger partial charge in [-0.2, -0.15) is 0 Å². The molecule has 0 aliphatic rings. The molecule has 0 aromatic heterocycles. The molecule has 2 heteroatoms. The van der Waals surface area contributed by atoms with E-state index in [0.29, 0.717) is 5.75 Å². The van der Waals surface area contributed by atoms with Crippen molar-refractivity contribution in [3.63, 3.8) is 0 Å². The van der Waals surface area contributed by atoms with E-state index in [1.54, 1.807) is 12.1 Å². The predicted molar refractivity (Wildman–Crippen MR) is 94.1 cm³/mol. The second-order valence-corrected chi connectivity index (χ2v) is 9.39. The van der Waals surface area contributed by atoms with Gasteiger partial charge in [0.15, 0.2) is 0 Å². The third kappa shape index (κ3) is 2.57. The molecule has 3 aromatic rings. The van der Waals surface area contributed by atoms with Crippen molar-refractivity contribution in [1.82, 2.24) is 0 Å². The average Bonchev–Trinajstić information content (AvgIpc) is 2.56. The van der Waals surface area contributed by atoms with Gasteiger partial charge in [0.1, 0.15) is 0 Å². The standard InChI is InChI=1S/C19H19OP/c1-21(17-8-4-2-5-9-17,18-10-6-3-7-11-18)19-14-12-16(20)13-15-19/h2-15,20-21H,1H3. The third-order valence-corrected chi connectivity index (χ3v) is 8.61. The van der Waals surface area contributed by atoms with Gasteiger partial charge in [0.05, 0.1) is 0 Å². The minimum absolute atomic E-state index is 0.316. The van der Waals surface area contributed by atoms with Crippen molar-refractivity contribution in [3.8, 4) is 5.75 Å². The van der Waals surface area contributed by atoms with Crippen LogP contribution in [0.3, 0.4) is 0 Å². The van der Waals surface area contributed by atoms with Crippen LogP contribution in [0.4, 0.5) is 0 Å². The maximum atomic E-state index is 9.58. The predicted octanol–water partition coefficient (Wildman–Crippen LogP) is 3.05. The van der Waals surface area contributed by atoms with Crippen molar-refractivity contribution in [3.05, 3.63) is 84.9 Å². The first kappa shape index (κ1) is 13.9. The number of phenolic OH excluding ortho intramolecular Hbond substituents is 1. The summed E-state index contributed by atoms with van der Waals surface area (Å²) in [6.07, 6.45) is 0. The van der Waals surface area contributed by atoms with E-state index in [1.165, 1.54) is 15.9 Å². The first-order chi connectivity index (χ1) is 10.2. The van der Waals surface area contributed by atoms with Crippen LogP contribution in [0.1, 0.15) is 0 Å². The summed E-state index contributed by atoms with van der Waals surface area (Å²) in [6, 6.07) is 29.1. The van der Waals surface area contributed by atoms with E-state index < -0.39 is 7.26 Å². The van der Waals surface area contributed by atoms with Gasteiger partial charge < -0.3 is 0 Å². The molecule has 0 radical (unpaired) electrons. The molecule has 0 atom stereocenters. The molecule has 0 spiro atoms. The average molecular weight is 294 g/mol. The van der Waals surface area contributed by atoms with Gasteiger partial charge >= 0.3 is 126 Å². The first-order valence-corrected chi connectivity index (χ1v) is 9.62. The van der Waals surface area contributed by atoms with E-state index in [2.05, 4.69) is 79.5 Å². The topological polar surface area (TPSA) is 20.2 Å². The van der Waals surface area contributed by atoms with Gasteiger partial charge in [0.25, 0.3) is 0 Å². The number of rotatable bonds is 3. The van der Waals surface area contributed by atoms with Crippen LogP contribution < -0.4 is 15.9 Å². The van der Waals surface area contributed by atoms with Crippen molar-refractivity contribution < 1.29 is 5.11 Å². The van der Waals surface area contributed by atoms with E-state index in [4.69, 9.17) is 0 Å². The van der Waals surface area contributed by atoms with Crippen molar-refractivity contribution in [2.24, 2.45) is 0 Å². The quantitative estimate of drug-likeness (QED) is 0.736. The molecule has 0 saturated carbocycles. The van der Waals surface area contributed by atoms with Crippen molar-refractivity contribution in [1.29, 1.82) is 0 Å². The van der Waals surface area contributed by atoms with Gasteiger partial charge in [-0.1, -0.05) is 0 Å². The van der Waals surface area contributed by atoms with Gasteiger partial charge in [-0.3, -0.25) is 0 Å². The SMILES string of the molecule is C[PH](c1ccccc1)(c1ccccc1)c1ccc(O)cc1. The van der Waals surface area contributed by atoms with Crippen LogP contribution in [-0.2, 0) is 0 Å². The molecular weight excluding hydrogens is 275 g/mol. The van der Waals surface area contributed by atoms with Crippen LogP contribution in [0, 0.1) is 0 Å². The molecule has 0 unspecified atom stereocenters. The van der Waals surface area contributed by atoms with Crippen molar-refractivity contribution >= 4 is 23.2 Å². The molecule has 106 valence electrons. The van der Waals surface area contributed by atoms with E-state index in [-0.39, 0.29) is 0 Å². The number of phenols is 1. The molecule has 0 fully saturated rings. The number of hydrogen-bond acceptors (Lipinski definition) is 1. The molecule has 0 bridgehead atoms. The van der Waals surface area contributed by atoms with E-state index in [0.717, 1.165) is 0 Å². The van der Waals surface area contributed by atoms with Gasteiger partial charge in [0, 0.05) is 0 Å². The Morgan fingerprint density at radius 2 is 0.952 bits per heavy atom. The Hall–Kier alpha value is -2.11. The Morgan fingerprint density at radius 3 is 1.38 bits per heavy atom. The summed E-state index contributed by atoms with van der Waals surface area (Å²) < 4.78 is 0. The van der Waals surface area contributed by atoms with Crippen LogP contribution in [0.15, 0.2) is 84.9 Å². The summed E-state index contributed by atoms with van der Waals surface area (Å²) in [7, 11) is -2.01. The monoisotopic (exact) mass is 294 g/mol. The molecule has 0 aliphatic carbocycles. The Morgan fingerprint density at radius 1 is 0.571 bits per heavy atom. The zero-order valence-corrected chi connectivity index (χ0v) is 13.0. The normalized spacial score (nSPS) is 12.0. The molecule has 0 amide bonds. The Kier molecular flexibility index (Phi) is 3.77. The van der Waals surface area contributed by atoms with Gasteiger partial charge in [-0.05, 0) is 0 Å². The fourth-order valence-corrected chi connectivity index (χ4v) is 6.39. The minimum atomic E-state index is -2.01. The Labute approximate surface area is 126 Å². The fourth-order valence-electron chi connectivity index (χ4n) is 2.84. The molecule has 3 rings (SSSR count). The zero-order valence-electron chi connectivity index (χ0n) is 12.0. The van der Waals surface area contributed by atoms with E-state index in [9.17, 15) is 5.11 Å². The molecule has 0 aliphatic heterocycles. The van der Waals surface area contributed by atoms with Crippen LogP contribution in [0.5, 0.6) is 5.75 Å². The van der Waals surface area contributed by atoms with Gasteiger partial charge in [0.2, 0.25) is 0 Å². The van der Waals surface area contributed by atoms with Crippen LogP contribution in [0.25, 0.3) is 0 Å². The summed E-state index contributed by atoms with van der Waals surface area (Å²) in [6.45, 7) is 2.37. The molecule has 1 nitrogen and oxygen atoms in total. The van der Waals surface area contributed by atoms with Gasteiger partial charge in [-0.25, -0.2) is 0 Å². The summed E-state index contributed by atoms with van der Waals surface area (Å²) >= 11 is 0. The molecule has 0 heterocycles. The molecular formula is C19H19OP. The third-order valence-electron chi connectivity index (χ3n) is 4.15. The zero-order chi connectivity index (χ0) is 14.7. The molecule has 0 saturated heterocycles. The van der Waals surface area contributed by atoms with Crippen molar-refractivity contribution in [2.75, 3.05) is 6.66 Å².